The SMILES string of the molecule is CC(C)(CCS(=O)Cc1ccc(CS(=O)CCC(C)(C)C(=O)Oc2ccccc2)cc1)C(=O)Oc1ccccc1. The lowest BCUT2D eigenvalue weighted by atomic mass is 9.90. The van der Waals surface area contributed by atoms with E-state index in [2.05, 4.69) is 0 Å². The van der Waals surface area contributed by atoms with Crippen LogP contribution in [0.2, 0.25) is 0 Å². The fourth-order valence-corrected chi connectivity index (χ4v) is 6.55. The average Bonchev–Trinajstić information content (AvgIpc) is 2.93. The van der Waals surface area contributed by atoms with Crippen LogP contribution in [0.1, 0.15) is 51.7 Å². The van der Waals surface area contributed by atoms with Crippen LogP contribution in [0, 0.1) is 10.8 Å². The Morgan fingerprint density at radius 2 is 0.900 bits per heavy atom. The van der Waals surface area contributed by atoms with E-state index in [0.717, 1.165) is 11.1 Å². The smallest absolute Gasteiger partial charge is 0.316 e. The van der Waals surface area contributed by atoms with Gasteiger partial charge in [-0.05, 0) is 75.9 Å². The van der Waals surface area contributed by atoms with E-state index < -0.39 is 32.4 Å². The molecule has 0 aliphatic heterocycles. The van der Waals surface area contributed by atoms with Gasteiger partial charge in [0.2, 0.25) is 0 Å². The number of carbonyl (C=O) groups excluding carboxylic acids is 2. The maximum Gasteiger partial charge on any atom is 0.316 e. The van der Waals surface area contributed by atoms with E-state index in [0.29, 0.717) is 47.4 Å². The van der Waals surface area contributed by atoms with Crippen LogP contribution in [-0.2, 0) is 42.7 Å². The maximum atomic E-state index is 12.7. The van der Waals surface area contributed by atoms with Crippen LogP contribution in [0.3, 0.4) is 0 Å². The van der Waals surface area contributed by atoms with Gasteiger partial charge in [0.05, 0.1) is 10.8 Å². The molecule has 214 valence electrons. The molecule has 0 saturated heterocycles. The number of hydrogen-bond donors (Lipinski definition) is 0. The van der Waals surface area contributed by atoms with Crippen molar-refractivity contribution in [3.05, 3.63) is 96.1 Å². The molecule has 2 atom stereocenters. The third-order valence-electron chi connectivity index (χ3n) is 6.60. The van der Waals surface area contributed by atoms with Crippen molar-refractivity contribution in [2.24, 2.45) is 10.8 Å². The first-order valence-corrected chi connectivity index (χ1v) is 16.2. The number of hydrogen-bond acceptors (Lipinski definition) is 6. The zero-order chi connectivity index (χ0) is 29.2. The molecule has 0 heterocycles. The first kappa shape index (κ1) is 31.4. The van der Waals surface area contributed by atoms with Crippen LogP contribution in [0.4, 0.5) is 0 Å². The van der Waals surface area contributed by atoms with Crippen LogP contribution in [-0.4, -0.2) is 31.9 Å². The molecule has 0 radical (unpaired) electrons. The lowest BCUT2D eigenvalue weighted by Crippen LogP contribution is -2.30. The highest BCUT2D eigenvalue weighted by atomic mass is 32.2. The molecule has 0 aliphatic rings. The van der Waals surface area contributed by atoms with Gasteiger partial charge in [-0.1, -0.05) is 60.7 Å². The summed E-state index contributed by atoms with van der Waals surface area (Å²) in [5.41, 5.74) is 0.322. The highest BCUT2D eigenvalue weighted by molar-refractivity contribution is 7.84. The molecular weight excluding hydrogens is 544 g/mol. The van der Waals surface area contributed by atoms with Crippen molar-refractivity contribution < 1.29 is 27.5 Å². The number of carbonyl (C=O) groups is 2. The second kappa shape index (κ2) is 14.5. The molecule has 2 unspecified atom stereocenters. The fourth-order valence-electron chi connectivity index (χ4n) is 3.66. The van der Waals surface area contributed by atoms with Gasteiger partial charge in [-0.25, -0.2) is 0 Å². The minimum absolute atomic E-state index is 0.343. The first-order valence-electron chi connectivity index (χ1n) is 13.3. The van der Waals surface area contributed by atoms with Crippen molar-refractivity contribution in [3.63, 3.8) is 0 Å². The number of ether oxygens (including phenoxy) is 2. The number of benzene rings is 3. The van der Waals surface area contributed by atoms with Crippen molar-refractivity contribution in [2.45, 2.75) is 52.0 Å². The summed E-state index contributed by atoms with van der Waals surface area (Å²) in [6, 6.07) is 25.5. The predicted octanol–water partition coefficient (Wildman–Crippen LogP) is 6.23. The van der Waals surface area contributed by atoms with Gasteiger partial charge in [0.1, 0.15) is 11.5 Å². The van der Waals surface area contributed by atoms with E-state index in [1.54, 1.807) is 76.2 Å². The van der Waals surface area contributed by atoms with Gasteiger partial charge in [0.25, 0.3) is 0 Å². The van der Waals surface area contributed by atoms with Crippen LogP contribution in [0.25, 0.3) is 0 Å². The Bertz CT molecular complexity index is 1200. The van der Waals surface area contributed by atoms with Crippen LogP contribution in [0.15, 0.2) is 84.9 Å². The van der Waals surface area contributed by atoms with Gasteiger partial charge in [-0.2, -0.15) is 0 Å². The molecule has 0 N–H and O–H groups in total. The van der Waals surface area contributed by atoms with Gasteiger partial charge >= 0.3 is 11.9 Å². The summed E-state index contributed by atoms with van der Waals surface area (Å²) in [4.78, 5) is 25.1. The van der Waals surface area contributed by atoms with Gasteiger partial charge in [-0.15, -0.1) is 0 Å². The van der Waals surface area contributed by atoms with Crippen molar-refractivity contribution in [2.75, 3.05) is 11.5 Å². The first-order chi connectivity index (χ1) is 18.9. The van der Waals surface area contributed by atoms with Crippen LogP contribution >= 0.6 is 0 Å². The molecule has 3 rings (SSSR count). The van der Waals surface area contributed by atoms with Crippen molar-refractivity contribution >= 4 is 33.5 Å². The quantitative estimate of drug-likeness (QED) is 0.166. The maximum absolute atomic E-state index is 12.7. The number of esters is 2. The molecule has 0 amide bonds. The van der Waals surface area contributed by atoms with Gasteiger partial charge in [-0.3, -0.25) is 18.0 Å². The summed E-state index contributed by atoms with van der Waals surface area (Å²) in [6.45, 7) is 7.21. The summed E-state index contributed by atoms with van der Waals surface area (Å²) in [7, 11) is -2.28. The molecule has 3 aromatic rings. The highest BCUT2D eigenvalue weighted by Crippen LogP contribution is 2.26. The van der Waals surface area contributed by atoms with Crippen molar-refractivity contribution in [1.29, 1.82) is 0 Å². The standard InChI is InChI=1S/C32H38O6S2/c1-31(2,29(33)37-27-11-7-5-8-12-27)19-21-39(35)23-25-15-17-26(18-16-25)24-40(36)22-20-32(3,4)30(34)38-28-13-9-6-10-14-28/h5-18H,19-24H2,1-4H3. The Morgan fingerprint density at radius 3 is 1.23 bits per heavy atom. The minimum Gasteiger partial charge on any atom is -0.426 e. The Kier molecular flexibility index (Phi) is 11.4. The zero-order valence-electron chi connectivity index (χ0n) is 23.6. The normalized spacial score (nSPS) is 13.3. The molecule has 3 aromatic carbocycles. The zero-order valence-corrected chi connectivity index (χ0v) is 25.2. The van der Waals surface area contributed by atoms with E-state index in [9.17, 15) is 18.0 Å². The van der Waals surface area contributed by atoms with Gasteiger partial charge in [0.15, 0.2) is 0 Å². The highest BCUT2D eigenvalue weighted by Gasteiger charge is 2.31. The van der Waals surface area contributed by atoms with Gasteiger partial charge in [0, 0.05) is 44.6 Å². The lowest BCUT2D eigenvalue weighted by molar-refractivity contribution is -0.144. The molecule has 0 spiro atoms. The van der Waals surface area contributed by atoms with Crippen LogP contribution in [0.5, 0.6) is 11.5 Å². The van der Waals surface area contributed by atoms with E-state index in [1.165, 1.54) is 0 Å². The Balaban J connectivity index is 1.41. The molecule has 0 aromatic heterocycles. The molecule has 8 heteroatoms. The topological polar surface area (TPSA) is 86.7 Å². The van der Waals surface area contributed by atoms with Crippen LogP contribution < -0.4 is 9.47 Å². The number of para-hydroxylation sites is 2. The summed E-state index contributed by atoms with van der Waals surface area (Å²) in [6.07, 6.45) is 0.884. The summed E-state index contributed by atoms with van der Waals surface area (Å²) < 4.78 is 36.4. The third kappa shape index (κ3) is 10.1. The summed E-state index contributed by atoms with van der Waals surface area (Å²) >= 11 is 0. The lowest BCUT2D eigenvalue weighted by Gasteiger charge is -2.22. The monoisotopic (exact) mass is 582 g/mol. The third-order valence-corrected chi connectivity index (χ3v) is 9.23. The fraction of sp³-hybridized carbons (Fsp3) is 0.375. The molecule has 0 fully saturated rings. The van der Waals surface area contributed by atoms with Crippen molar-refractivity contribution in [3.8, 4) is 11.5 Å². The van der Waals surface area contributed by atoms with Gasteiger partial charge < -0.3 is 9.47 Å². The molecule has 0 bridgehead atoms. The van der Waals surface area contributed by atoms with E-state index >= 15 is 0 Å². The molecule has 0 aliphatic carbocycles. The van der Waals surface area contributed by atoms with E-state index in [-0.39, 0.29) is 11.9 Å². The Labute approximate surface area is 242 Å². The number of rotatable bonds is 14. The molecule has 40 heavy (non-hydrogen) atoms. The van der Waals surface area contributed by atoms with Crippen molar-refractivity contribution in [1.82, 2.24) is 0 Å². The molecule has 6 nitrogen and oxygen atoms in total. The molecule has 0 saturated carbocycles. The van der Waals surface area contributed by atoms with E-state index in [4.69, 9.17) is 9.47 Å². The average molecular weight is 583 g/mol. The second-order valence-corrected chi connectivity index (χ2v) is 14.2. The summed E-state index contributed by atoms with van der Waals surface area (Å²) in [5.74, 6) is 1.83. The minimum atomic E-state index is -1.14. The molecular formula is C32H38O6S2. The largest absolute Gasteiger partial charge is 0.426 e. The predicted molar refractivity (Wildman–Crippen MR) is 161 cm³/mol. The summed E-state index contributed by atoms with van der Waals surface area (Å²) in [5, 5.41) is 0. The second-order valence-electron chi connectivity index (χ2n) is 11.1. The Hall–Kier alpha value is -3.10. The Morgan fingerprint density at radius 1 is 0.575 bits per heavy atom. The van der Waals surface area contributed by atoms with E-state index in [1.807, 2.05) is 36.4 Å².